The summed E-state index contributed by atoms with van der Waals surface area (Å²) in [6, 6.07) is 11.3. The van der Waals surface area contributed by atoms with Gasteiger partial charge in [-0.15, -0.1) is 0 Å². The van der Waals surface area contributed by atoms with Crippen LogP contribution in [0.3, 0.4) is 0 Å². The summed E-state index contributed by atoms with van der Waals surface area (Å²) in [4.78, 5) is 30.0. The van der Waals surface area contributed by atoms with E-state index in [0.717, 1.165) is 16.8 Å². The fourth-order valence-corrected chi connectivity index (χ4v) is 3.31. The lowest BCUT2D eigenvalue weighted by Gasteiger charge is -2.22. The van der Waals surface area contributed by atoms with Gasteiger partial charge < -0.3 is 16.0 Å². The predicted octanol–water partition coefficient (Wildman–Crippen LogP) is 5.27. The second kappa shape index (κ2) is 11.6. The fraction of sp³-hybridized carbons (Fsp3) is 0.269. The molecule has 1 atom stereocenters. The number of carbonyl (C=O) groups excluding carboxylic acids is 2. The molecule has 0 aliphatic rings. The van der Waals surface area contributed by atoms with Gasteiger partial charge in [-0.3, -0.25) is 9.59 Å². The van der Waals surface area contributed by atoms with Crippen molar-refractivity contribution in [2.45, 2.75) is 33.6 Å². The maximum atomic E-state index is 13.3. The number of hydrogen-bond acceptors (Lipinski definition) is 4. The Hall–Kier alpha value is -3.67. The van der Waals surface area contributed by atoms with Crippen molar-refractivity contribution in [3.8, 4) is 0 Å². The third-order valence-corrected chi connectivity index (χ3v) is 5.06. The molecule has 1 aromatic carbocycles. The van der Waals surface area contributed by atoms with Crippen LogP contribution in [0.25, 0.3) is 0 Å². The first-order valence-corrected chi connectivity index (χ1v) is 10.6. The molecular weight excluding hydrogens is 400 g/mol. The van der Waals surface area contributed by atoms with Gasteiger partial charge in [0.1, 0.15) is 0 Å². The van der Waals surface area contributed by atoms with E-state index >= 15 is 0 Å². The lowest BCUT2D eigenvalue weighted by Crippen LogP contribution is -2.26. The molecule has 2 rings (SSSR count). The summed E-state index contributed by atoms with van der Waals surface area (Å²) in [5.41, 5.74) is 3.42. The number of allylic oxidation sites excluding steroid dienone is 4. The number of aromatic nitrogens is 1. The molecule has 0 bridgehead atoms. The largest absolute Gasteiger partial charge is 0.355 e. The molecule has 1 heterocycles. The van der Waals surface area contributed by atoms with Crippen molar-refractivity contribution in [1.29, 1.82) is 0 Å². The van der Waals surface area contributed by atoms with Crippen LogP contribution in [0, 0.1) is 5.92 Å². The Kier molecular flexibility index (Phi) is 8.95. The molecule has 0 spiro atoms. The number of rotatable bonds is 9. The van der Waals surface area contributed by atoms with Gasteiger partial charge in [0.05, 0.1) is 17.2 Å². The van der Waals surface area contributed by atoms with Crippen molar-refractivity contribution in [1.82, 2.24) is 10.3 Å². The van der Waals surface area contributed by atoms with E-state index in [0.29, 0.717) is 17.1 Å². The highest BCUT2D eigenvalue weighted by atomic mass is 16.2. The van der Waals surface area contributed by atoms with E-state index in [1.165, 1.54) is 6.20 Å². The van der Waals surface area contributed by atoms with Crippen LogP contribution in [0.15, 0.2) is 78.7 Å². The third kappa shape index (κ3) is 6.17. The minimum absolute atomic E-state index is 0.0744. The van der Waals surface area contributed by atoms with Gasteiger partial charge in [0, 0.05) is 18.9 Å². The standard InChI is InChI=1S/C26H32N4O2/c1-7-12-21(18(5)8-2)29-24-22(15-20(16-28-24)25(31)27-6)30-26(32)23(17(3)4)19-13-10-9-11-14-19/h7-17,23H,2H2,1,3-6H3,(H,27,31)(H,28,29)(H,30,32)/b12-7-,21-18+. The molecule has 0 saturated carbocycles. The molecule has 168 valence electrons. The second-order valence-electron chi connectivity index (χ2n) is 7.75. The van der Waals surface area contributed by atoms with E-state index < -0.39 is 0 Å². The zero-order valence-corrected chi connectivity index (χ0v) is 19.4. The number of benzene rings is 1. The molecule has 6 nitrogen and oxygen atoms in total. The number of nitrogens with one attached hydrogen (secondary N) is 3. The summed E-state index contributed by atoms with van der Waals surface area (Å²) >= 11 is 0. The van der Waals surface area contributed by atoms with Crippen molar-refractivity contribution in [3.05, 3.63) is 89.8 Å². The van der Waals surface area contributed by atoms with E-state index in [1.54, 1.807) is 19.2 Å². The molecule has 0 aliphatic heterocycles. The first kappa shape index (κ1) is 24.6. The first-order valence-electron chi connectivity index (χ1n) is 10.6. The van der Waals surface area contributed by atoms with Crippen molar-refractivity contribution in [2.24, 2.45) is 5.92 Å². The Labute approximate surface area is 190 Å². The topological polar surface area (TPSA) is 83.1 Å². The lowest BCUT2D eigenvalue weighted by molar-refractivity contribution is -0.118. The van der Waals surface area contributed by atoms with Gasteiger partial charge in [0.25, 0.3) is 5.91 Å². The number of hydrogen-bond donors (Lipinski definition) is 3. The van der Waals surface area contributed by atoms with Crippen LogP contribution in [-0.4, -0.2) is 23.8 Å². The summed E-state index contributed by atoms with van der Waals surface area (Å²) in [6.45, 7) is 11.7. The van der Waals surface area contributed by atoms with Crippen molar-refractivity contribution in [2.75, 3.05) is 17.7 Å². The summed E-state index contributed by atoms with van der Waals surface area (Å²) in [7, 11) is 1.55. The molecule has 3 N–H and O–H groups in total. The van der Waals surface area contributed by atoms with E-state index in [1.807, 2.05) is 70.2 Å². The van der Waals surface area contributed by atoms with Gasteiger partial charge in [0.2, 0.25) is 5.91 Å². The molecule has 1 unspecified atom stereocenters. The SMILES string of the molecule is C=C/C(C)=C(\C=C/C)Nc1ncc(C(=O)NC)cc1NC(=O)C(c1ccccc1)C(C)C. The molecule has 2 aromatic rings. The minimum atomic E-state index is -0.354. The highest BCUT2D eigenvalue weighted by molar-refractivity contribution is 6.01. The average molecular weight is 433 g/mol. The molecule has 0 aliphatic carbocycles. The van der Waals surface area contributed by atoms with Gasteiger partial charge in [-0.25, -0.2) is 4.98 Å². The van der Waals surface area contributed by atoms with Crippen molar-refractivity contribution in [3.63, 3.8) is 0 Å². The van der Waals surface area contributed by atoms with E-state index in [4.69, 9.17) is 0 Å². The zero-order valence-electron chi connectivity index (χ0n) is 19.4. The Balaban J connectivity index is 2.49. The highest BCUT2D eigenvalue weighted by Gasteiger charge is 2.25. The highest BCUT2D eigenvalue weighted by Crippen LogP contribution is 2.29. The number of carbonyl (C=O) groups is 2. The Morgan fingerprint density at radius 2 is 1.81 bits per heavy atom. The lowest BCUT2D eigenvalue weighted by atomic mass is 9.87. The van der Waals surface area contributed by atoms with E-state index in [9.17, 15) is 9.59 Å². The molecule has 2 amide bonds. The maximum absolute atomic E-state index is 13.3. The average Bonchev–Trinajstić information content (AvgIpc) is 2.79. The third-order valence-electron chi connectivity index (χ3n) is 5.06. The molecule has 0 radical (unpaired) electrons. The summed E-state index contributed by atoms with van der Waals surface area (Å²) in [5, 5.41) is 8.85. The number of pyridine rings is 1. The van der Waals surface area contributed by atoms with E-state index in [-0.39, 0.29) is 23.7 Å². The molecule has 0 fully saturated rings. The monoisotopic (exact) mass is 432 g/mol. The van der Waals surface area contributed by atoms with Crippen LogP contribution in [0.4, 0.5) is 11.5 Å². The predicted molar refractivity (Wildman–Crippen MR) is 132 cm³/mol. The van der Waals surface area contributed by atoms with Crippen molar-refractivity contribution >= 4 is 23.3 Å². The van der Waals surface area contributed by atoms with E-state index in [2.05, 4.69) is 27.5 Å². The van der Waals surface area contributed by atoms with Gasteiger partial charge >= 0.3 is 0 Å². The van der Waals surface area contributed by atoms with Crippen molar-refractivity contribution < 1.29 is 9.59 Å². The Bertz CT molecular complexity index is 1020. The van der Waals surface area contributed by atoms with Crippen LogP contribution < -0.4 is 16.0 Å². The van der Waals surface area contributed by atoms with Gasteiger partial charge in [-0.2, -0.15) is 0 Å². The summed E-state index contributed by atoms with van der Waals surface area (Å²) in [6.07, 6.45) is 7.02. The van der Waals surface area contributed by atoms with Crippen LogP contribution >= 0.6 is 0 Å². The van der Waals surface area contributed by atoms with Gasteiger partial charge in [0.15, 0.2) is 5.82 Å². The second-order valence-corrected chi connectivity index (χ2v) is 7.75. The molecule has 1 aromatic heterocycles. The molecule has 32 heavy (non-hydrogen) atoms. The number of anilines is 2. The summed E-state index contributed by atoms with van der Waals surface area (Å²) < 4.78 is 0. The van der Waals surface area contributed by atoms with Crippen LogP contribution in [0.5, 0.6) is 0 Å². The zero-order chi connectivity index (χ0) is 23.7. The molecule has 0 saturated heterocycles. The van der Waals surface area contributed by atoms with Crippen LogP contribution in [-0.2, 0) is 4.79 Å². The number of nitrogens with zero attached hydrogens (tertiary/aromatic N) is 1. The quantitative estimate of drug-likeness (QED) is 0.472. The normalized spacial score (nSPS) is 12.8. The van der Waals surface area contributed by atoms with Gasteiger partial charge in [-0.1, -0.05) is 62.9 Å². The molecular formula is C26H32N4O2. The van der Waals surface area contributed by atoms with Crippen LogP contribution in [0.2, 0.25) is 0 Å². The number of amides is 2. The summed E-state index contributed by atoms with van der Waals surface area (Å²) in [5.74, 6) is -0.286. The minimum Gasteiger partial charge on any atom is -0.355 e. The van der Waals surface area contributed by atoms with Gasteiger partial charge in [-0.05, 0) is 43.0 Å². The fourth-order valence-electron chi connectivity index (χ4n) is 3.31. The first-order chi connectivity index (χ1) is 15.3. The smallest absolute Gasteiger partial charge is 0.252 e. The Morgan fingerprint density at radius 3 is 2.38 bits per heavy atom. The molecule has 6 heteroatoms. The van der Waals surface area contributed by atoms with Crippen LogP contribution in [0.1, 0.15) is 49.5 Å². The Morgan fingerprint density at radius 1 is 1.12 bits per heavy atom. The maximum Gasteiger partial charge on any atom is 0.252 e.